The van der Waals surface area contributed by atoms with Crippen molar-refractivity contribution in [1.82, 2.24) is 0 Å². The molecule has 0 aromatic carbocycles. The lowest BCUT2D eigenvalue weighted by atomic mass is 10.0. The standard InChI is InChI=1S/C69H126NO8P/c1-6-8-10-12-14-16-18-20-22-24-25-26-27-28-29-30-31-32-33-34-35-36-37-38-39-40-41-42-43-44-45-46-48-50-52-54-56-58-60-62-69(72)78-67(66-77-79(73,74)76-64-63-70(3,4)5)65-75-68(71)61-59-57-55-53-51-49-47-23-21-19-17-15-13-11-9-7-2/h8,10,14,16,20,22,25-26,28-29,31-32,67H,6-7,9,11-13,15,17-19,21,23-24,27,30,33-66H2,1-5H3/b10-8-,16-14-,22-20-,26-25-,29-28-,32-31-. The van der Waals surface area contributed by atoms with E-state index in [1.165, 1.54) is 193 Å². The van der Waals surface area contributed by atoms with Gasteiger partial charge in [-0.1, -0.05) is 299 Å². The Kier molecular flexibility index (Phi) is 58.1. The van der Waals surface area contributed by atoms with Crippen LogP contribution in [0.2, 0.25) is 0 Å². The maximum Gasteiger partial charge on any atom is 0.306 e. The van der Waals surface area contributed by atoms with Crippen LogP contribution in [0.5, 0.6) is 0 Å². The fourth-order valence-electron chi connectivity index (χ4n) is 9.43. The van der Waals surface area contributed by atoms with E-state index in [9.17, 15) is 19.0 Å². The summed E-state index contributed by atoms with van der Waals surface area (Å²) in [6.45, 7) is 4.17. The van der Waals surface area contributed by atoms with Crippen molar-refractivity contribution < 1.29 is 42.1 Å². The van der Waals surface area contributed by atoms with E-state index in [2.05, 4.69) is 86.8 Å². The summed E-state index contributed by atoms with van der Waals surface area (Å²) in [5, 5.41) is 0. The van der Waals surface area contributed by atoms with Gasteiger partial charge in [-0.3, -0.25) is 14.2 Å². The monoisotopic (exact) mass is 1130 g/mol. The first kappa shape index (κ1) is 76.5. The molecule has 0 aromatic heterocycles. The van der Waals surface area contributed by atoms with Gasteiger partial charge < -0.3 is 27.9 Å². The molecule has 0 aliphatic carbocycles. The van der Waals surface area contributed by atoms with E-state index in [1.807, 2.05) is 21.1 Å². The average molecular weight is 1130 g/mol. The molecule has 0 aliphatic rings. The second-order valence-corrected chi connectivity index (χ2v) is 24.9. The zero-order valence-corrected chi connectivity index (χ0v) is 53.2. The third-order valence-electron chi connectivity index (χ3n) is 14.5. The molecule has 0 rings (SSSR count). The molecule has 9 nitrogen and oxygen atoms in total. The molecule has 10 heteroatoms. The first-order valence-electron chi connectivity index (χ1n) is 33.1. The lowest BCUT2D eigenvalue weighted by Gasteiger charge is -2.28. The van der Waals surface area contributed by atoms with E-state index in [0.29, 0.717) is 17.4 Å². The van der Waals surface area contributed by atoms with Gasteiger partial charge in [0.2, 0.25) is 0 Å². The lowest BCUT2D eigenvalue weighted by Crippen LogP contribution is -2.37. The number of rotatable bonds is 61. The molecule has 0 bridgehead atoms. The minimum atomic E-state index is -4.63. The molecule has 0 radical (unpaired) electrons. The Balaban J connectivity index is 3.94. The number of likely N-dealkylation sites (N-methyl/N-ethyl adjacent to an activating group) is 1. The second kappa shape index (κ2) is 60.1. The van der Waals surface area contributed by atoms with Gasteiger partial charge in [0.05, 0.1) is 27.7 Å². The summed E-state index contributed by atoms with van der Waals surface area (Å²) in [5.74, 6) is -0.818. The fraction of sp³-hybridized carbons (Fsp3) is 0.797. The maximum absolute atomic E-state index is 12.8. The van der Waals surface area contributed by atoms with Crippen molar-refractivity contribution in [2.24, 2.45) is 0 Å². The number of nitrogens with zero attached hydrogens (tertiary/aromatic N) is 1. The smallest absolute Gasteiger partial charge is 0.306 e. The van der Waals surface area contributed by atoms with Crippen LogP contribution < -0.4 is 4.89 Å². The molecule has 79 heavy (non-hydrogen) atoms. The Morgan fingerprint density at radius 1 is 0.405 bits per heavy atom. The van der Waals surface area contributed by atoms with Crippen molar-refractivity contribution in [1.29, 1.82) is 0 Å². The van der Waals surface area contributed by atoms with Gasteiger partial charge in [0.15, 0.2) is 6.10 Å². The third-order valence-corrected chi connectivity index (χ3v) is 15.5. The molecule has 0 aromatic rings. The fourth-order valence-corrected chi connectivity index (χ4v) is 10.2. The van der Waals surface area contributed by atoms with Gasteiger partial charge in [0.25, 0.3) is 7.82 Å². The van der Waals surface area contributed by atoms with Crippen molar-refractivity contribution in [3.05, 3.63) is 72.9 Å². The van der Waals surface area contributed by atoms with Gasteiger partial charge in [-0.25, -0.2) is 0 Å². The number of ether oxygens (including phenoxy) is 2. The molecule has 0 saturated heterocycles. The van der Waals surface area contributed by atoms with Gasteiger partial charge >= 0.3 is 11.9 Å². The predicted octanol–water partition coefficient (Wildman–Crippen LogP) is 20.6. The Morgan fingerprint density at radius 2 is 0.722 bits per heavy atom. The molecule has 2 unspecified atom stereocenters. The van der Waals surface area contributed by atoms with E-state index < -0.39 is 26.5 Å². The molecule has 460 valence electrons. The van der Waals surface area contributed by atoms with Crippen molar-refractivity contribution >= 4 is 19.8 Å². The Morgan fingerprint density at radius 3 is 1.08 bits per heavy atom. The largest absolute Gasteiger partial charge is 0.756 e. The number of phosphoric ester groups is 1. The van der Waals surface area contributed by atoms with Crippen LogP contribution in [0.3, 0.4) is 0 Å². The number of esters is 2. The first-order valence-corrected chi connectivity index (χ1v) is 34.6. The summed E-state index contributed by atoms with van der Waals surface area (Å²) < 4.78 is 34.2. The molecule has 0 spiro atoms. The van der Waals surface area contributed by atoms with Crippen LogP contribution in [0.25, 0.3) is 0 Å². The molecule has 0 heterocycles. The summed E-state index contributed by atoms with van der Waals surface area (Å²) >= 11 is 0. The number of hydrogen-bond donors (Lipinski definition) is 0. The topological polar surface area (TPSA) is 111 Å². The van der Waals surface area contributed by atoms with Gasteiger partial charge in [-0.15, -0.1) is 0 Å². The van der Waals surface area contributed by atoms with Crippen LogP contribution in [0, 0.1) is 0 Å². The number of allylic oxidation sites excluding steroid dienone is 12. The maximum atomic E-state index is 12.8. The van der Waals surface area contributed by atoms with Gasteiger partial charge in [0, 0.05) is 12.8 Å². The molecule has 0 aliphatic heterocycles. The normalized spacial score (nSPS) is 13.6. The highest BCUT2D eigenvalue weighted by Crippen LogP contribution is 2.38. The summed E-state index contributed by atoms with van der Waals surface area (Å²) in [4.78, 5) is 37.9. The van der Waals surface area contributed by atoms with Crippen molar-refractivity contribution in [2.45, 2.75) is 309 Å². The van der Waals surface area contributed by atoms with Crippen LogP contribution >= 0.6 is 7.82 Å². The number of phosphoric acid groups is 1. The van der Waals surface area contributed by atoms with Crippen molar-refractivity contribution in [3.8, 4) is 0 Å². The number of carbonyl (C=O) groups is 2. The lowest BCUT2D eigenvalue weighted by molar-refractivity contribution is -0.870. The summed E-state index contributed by atoms with van der Waals surface area (Å²) in [5.41, 5.74) is 0. The van der Waals surface area contributed by atoms with E-state index in [4.69, 9.17) is 18.5 Å². The Hall–Kier alpha value is -2.55. The van der Waals surface area contributed by atoms with Crippen LogP contribution in [-0.4, -0.2) is 70.0 Å². The minimum Gasteiger partial charge on any atom is -0.756 e. The van der Waals surface area contributed by atoms with Crippen LogP contribution in [-0.2, 0) is 32.7 Å². The van der Waals surface area contributed by atoms with E-state index in [-0.39, 0.29) is 32.0 Å². The molecular weight excluding hydrogens is 1000 g/mol. The summed E-state index contributed by atoms with van der Waals surface area (Å²) in [6, 6.07) is 0. The zero-order valence-electron chi connectivity index (χ0n) is 52.3. The molecule has 0 N–H and O–H groups in total. The average Bonchev–Trinajstić information content (AvgIpc) is 3.41. The van der Waals surface area contributed by atoms with E-state index in [0.717, 1.165) is 77.0 Å². The second-order valence-electron chi connectivity index (χ2n) is 23.5. The molecule has 0 fully saturated rings. The first-order chi connectivity index (χ1) is 38.5. The highest BCUT2D eigenvalue weighted by Gasteiger charge is 2.22. The summed E-state index contributed by atoms with van der Waals surface area (Å²) in [6.07, 6.45) is 79.8. The molecule has 0 saturated carbocycles. The number of quaternary nitrogens is 1. The quantitative estimate of drug-likeness (QED) is 0.0195. The molecule has 0 amide bonds. The van der Waals surface area contributed by atoms with Gasteiger partial charge in [0.1, 0.15) is 19.8 Å². The number of unbranched alkanes of at least 4 members (excludes halogenated alkanes) is 35. The molecular formula is C69H126NO8P. The van der Waals surface area contributed by atoms with Crippen molar-refractivity contribution in [3.63, 3.8) is 0 Å². The van der Waals surface area contributed by atoms with Crippen LogP contribution in [0.1, 0.15) is 303 Å². The van der Waals surface area contributed by atoms with Crippen LogP contribution in [0.15, 0.2) is 72.9 Å². The predicted molar refractivity (Wildman–Crippen MR) is 337 cm³/mol. The number of hydrogen-bond acceptors (Lipinski definition) is 8. The minimum absolute atomic E-state index is 0.0291. The number of carbonyl (C=O) groups excluding carboxylic acids is 2. The van der Waals surface area contributed by atoms with Crippen molar-refractivity contribution in [2.75, 3.05) is 47.5 Å². The van der Waals surface area contributed by atoms with Gasteiger partial charge in [-0.05, 0) is 64.2 Å². The SMILES string of the molecule is CC/C=C\C/C=C\C/C=C\C/C=C\C/C=C\C/C=C\CCCCCCCCCCCCCCCCCCCCCCC(=O)OC(COC(=O)CCCCCCCCCCCCCCCCCC)COP(=O)([O-])OCC[N+](C)(C)C. The Bertz CT molecular complexity index is 1560. The van der Waals surface area contributed by atoms with Gasteiger partial charge in [-0.2, -0.15) is 0 Å². The Labute approximate surface area is 489 Å². The highest BCUT2D eigenvalue weighted by molar-refractivity contribution is 7.45. The third kappa shape index (κ3) is 64.5. The highest BCUT2D eigenvalue weighted by atomic mass is 31.2. The van der Waals surface area contributed by atoms with E-state index >= 15 is 0 Å². The van der Waals surface area contributed by atoms with E-state index in [1.54, 1.807) is 0 Å². The van der Waals surface area contributed by atoms with Crippen LogP contribution in [0.4, 0.5) is 0 Å². The summed E-state index contributed by atoms with van der Waals surface area (Å²) in [7, 11) is 1.18. The zero-order chi connectivity index (χ0) is 57.7. The molecule has 2 atom stereocenters.